The van der Waals surface area contributed by atoms with Gasteiger partial charge in [-0.1, -0.05) is 51.3 Å². The van der Waals surface area contributed by atoms with Crippen molar-refractivity contribution in [1.82, 2.24) is 5.32 Å². The summed E-state index contributed by atoms with van der Waals surface area (Å²) in [5.41, 5.74) is 7.01. The highest BCUT2D eigenvalue weighted by Gasteiger charge is 2.10. The second-order valence-corrected chi connectivity index (χ2v) is 5.03. The summed E-state index contributed by atoms with van der Waals surface area (Å²) in [6.07, 6.45) is 6.02. The van der Waals surface area contributed by atoms with Gasteiger partial charge in [-0.3, -0.25) is 4.79 Å². The molecule has 0 aliphatic heterocycles. The minimum atomic E-state index is -0.349. The fraction of sp³-hybridized carbons (Fsp3) is 0.562. The summed E-state index contributed by atoms with van der Waals surface area (Å²) < 4.78 is 0. The van der Waals surface area contributed by atoms with Crippen molar-refractivity contribution in [2.45, 2.75) is 58.5 Å². The molecule has 0 aliphatic rings. The maximum absolute atomic E-state index is 11.4. The largest absolute Gasteiger partial charge is 0.366 e. The molecule has 1 amide bonds. The molecule has 3 nitrogen and oxygen atoms in total. The number of nitrogens with one attached hydrogen (secondary N) is 1. The maximum Gasteiger partial charge on any atom is 0.249 e. The van der Waals surface area contributed by atoms with Crippen molar-refractivity contribution in [3.05, 3.63) is 35.4 Å². The number of rotatable bonds is 9. The number of primary amides is 1. The van der Waals surface area contributed by atoms with Crippen LogP contribution in [0.25, 0.3) is 0 Å². The van der Waals surface area contributed by atoms with Gasteiger partial charge < -0.3 is 11.1 Å². The molecule has 19 heavy (non-hydrogen) atoms. The Morgan fingerprint density at radius 3 is 2.58 bits per heavy atom. The van der Waals surface area contributed by atoms with Crippen LogP contribution in [0.5, 0.6) is 0 Å². The van der Waals surface area contributed by atoms with Gasteiger partial charge in [0.15, 0.2) is 0 Å². The quantitative estimate of drug-likeness (QED) is 0.718. The molecule has 1 unspecified atom stereocenters. The van der Waals surface area contributed by atoms with Crippen LogP contribution in [0.4, 0.5) is 0 Å². The van der Waals surface area contributed by atoms with E-state index >= 15 is 0 Å². The Hall–Kier alpha value is -1.35. The van der Waals surface area contributed by atoms with Crippen LogP contribution < -0.4 is 11.1 Å². The zero-order valence-corrected chi connectivity index (χ0v) is 12.1. The van der Waals surface area contributed by atoms with Crippen LogP contribution in [0.3, 0.4) is 0 Å². The standard InChI is InChI=1S/C16H26N2O/c1-3-5-10-14(8-4-2)18-12-13-9-6-7-11-15(13)16(17)19/h6-7,9,11,14,18H,3-5,8,10,12H2,1-2H3,(H2,17,19). The van der Waals surface area contributed by atoms with E-state index in [4.69, 9.17) is 5.73 Å². The van der Waals surface area contributed by atoms with E-state index in [2.05, 4.69) is 19.2 Å². The molecule has 0 saturated heterocycles. The Morgan fingerprint density at radius 1 is 1.21 bits per heavy atom. The average Bonchev–Trinajstić information content (AvgIpc) is 2.42. The van der Waals surface area contributed by atoms with Gasteiger partial charge in [0.25, 0.3) is 0 Å². The van der Waals surface area contributed by atoms with Crippen molar-refractivity contribution in [3.8, 4) is 0 Å². The van der Waals surface area contributed by atoms with E-state index in [0.29, 0.717) is 18.2 Å². The number of carbonyl (C=O) groups is 1. The molecule has 0 aliphatic carbocycles. The highest BCUT2D eigenvalue weighted by atomic mass is 16.1. The van der Waals surface area contributed by atoms with Crippen molar-refractivity contribution in [3.63, 3.8) is 0 Å². The molecule has 1 atom stereocenters. The minimum Gasteiger partial charge on any atom is -0.366 e. The molecule has 106 valence electrons. The summed E-state index contributed by atoms with van der Waals surface area (Å²) in [4.78, 5) is 11.4. The number of unbranched alkanes of at least 4 members (excludes halogenated alkanes) is 1. The van der Waals surface area contributed by atoms with Crippen LogP contribution >= 0.6 is 0 Å². The van der Waals surface area contributed by atoms with Gasteiger partial charge in [-0.15, -0.1) is 0 Å². The number of carbonyl (C=O) groups excluding carboxylic acids is 1. The summed E-state index contributed by atoms with van der Waals surface area (Å²) in [6.45, 7) is 5.14. The van der Waals surface area contributed by atoms with E-state index in [1.165, 1.54) is 32.1 Å². The molecular formula is C16H26N2O. The Kier molecular flexibility index (Phi) is 7.19. The van der Waals surface area contributed by atoms with Gasteiger partial charge >= 0.3 is 0 Å². The van der Waals surface area contributed by atoms with Gasteiger partial charge in [-0.05, 0) is 24.5 Å². The van der Waals surface area contributed by atoms with Gasteiger partial charge in [-0.25, -0.2) is 0 Å². The van der Waals surface area contributed by atoms with Crippen LogP contribution in [0.15, 0.2) is 24.3 Å². The molecule has 1 rings (SSSR count). The predicted molar refractivity (Wildman–Crippen MR) is 80.0 cm³/mol. The molecule has 0 heterocycles. The van der Waals surface area contributed by atoms with Gasteiger partial charge in [0.2, 0.25) is 5.91 Å². The number of benzene rings is 1. The number of hydrogen-bond donors (Lipinski definition) is 2. The van der Waals surface area contributed by atoms with Crippen LogP contribution in [0.2, 0.25) is 0 Å². The fourth-order valence-electron chi connectivity index (χ4n) is 2.32. The van der Waals surface area contributed by atoms with E-state index in [0.717, 1.165) is 5.56 Å². The lowest BCUT2D eigenvalue weighted by atomic mass is 10.0. The molecule has 0 fully saturated rings. The summed E-state index contributed by atoms with van der Waals surface area (Å²) in [7, 11) is 0. The lowest BCUT2D eigenvalue weighted by Gasteiger charge is -2.18. The van der Waals surface area contributed by atoms with Crippen molar-refractivity contribution >= 4 is 5.91 Å². The highest BCUT2D eigenvalue weighted by Crippen LogP contribution is 2.11. The Bertz CT molecular complexity index is 390. The minimum absolute atomic E-state index is 0.349. The van der Waals surface area contributed by atoms with E-state index < -0.39 is 0 Å². The molecule has 1 aromatic carbocycles. The molecule has 3 heteroatoms. The summed E-state index contributed by atoms with van der Waals surface area (Å²) in [6, 6.07) is 8.09. The third-order valence-electron chi connectivity index (χ3n) is 3.41. The molecule has 0 bridgehead atoms. The predicted octanol–water partition coefficient (Wildman–Crippen LogP) is 3.23. The lowest BCUT2D eigenvalue weighted by Crippen LogP contribution is -2.29. The van der Waals surface area contributed by atoms with Crippen LogP contribution in [-0.2, 0) is 6.54 Å². The van der Waals surface area contributed by atoms with Crippen molar-refractivity contribution in [2.24, 2.45) is 5.73 Å². The highest BCUT2D eigenvalue weighted by molar-refractivity contribution is 5.94. The summed E-state index contributed by atoms with van der Waals surface area (Å²) in [5, 5.41) is 3.56. The normalized spacial score (nSPS) is 12.3. The smallest absolute Gasteiger partial charge is 0.249 e. The van der Waals surface area contributed by atoms with Gasteiger partial charge in [-0.2, -0.15) is 0 Å². The Morgan fingerprint density at radius 2 is 1.95 bits per heavy atom. The van der Waals surface area contributed by atoms with Crippen LogP contribution in [0.1, 0.15) is 61.9 Å². The van der Waals surface area contributed by atoms with Gasteiger partial charge in [0.05, 0.1) is 0 Å². The van der Waals surface area contributed by atoms with Crippen molar-refractivity contribution < 1.29 is 4.79 Å². The third kappa shape index (κ3) is 5.43. The number of hydrogen-bond acceptors (Lipinski definition) is 2. The van der Waals surface area contributed by atoms with Crippen LogP contribution in [-0.4, -0.2) is 11.9 Å². The van der Waals surface area contributed by atoms with E-state index in [1.807, 2.05) is 18.2 Å². The van der Waals surface area contributed by atoms with Crippen molar-refractivity contribution in [2.75, 3.05) is 0 Å². The molecule has 0 spiro atoms. The van der Waals surface area contributed by atoms with Crippen molar-refractivity contribution in [1.29, 1.82) is 0 Å². The third-order valence-corrected chi connectivity index (χ3v) is 3.41. The molecule has 0 aromatic heterocycles. The second kappa shape index (κ2) is 8.70. The first-order chi connectivity index (χ1) is 9.19. The zero-order valence-electron chi connectivity index (χ0n) is 12.1. The van der Waals surface area contributed by atoms with Crippen LogP contribution in [0, 0.1) is 0 Å². The molecule has 0 radical (unpaired) electrons. The lowest BCUT2D eigenvalue weighted by molar-refractivity contribution is 0.0999. The topological polar surface area (TPSA) is 55.1 Å². The molecule has 0 saturated carbocycles. The molecule has 3 N–H and O–H groups in total. The van der Waals surface area contributed by atoms with E-state index in [9.17, 15) is 4.79 Å². The number of amides is 1. The summed E-state index contributed by atoms with van der Waals surface area (Å²) >= 11 is 0. The van der Waals surface area contributed by atoms with Gasteiger partial charge in [0.1, 0.15) is 0 Å². The first kappa shape index (κ1) is 15.7. The second-order valence-electron chi connectivity index (χ2n) is 5.03. The van der Waals surface area contributed by atoms with Gasteiger partial charge in [0, 0.05) is 18.2 Å². The molecule has 1 aromatic rings. The average molecular weight is 262 g/mol. The SMILES string of the molecule is CCCCC(CCC)NCc1ccccc1C(N)=O. The van der Waals surface area contributed by atoms with E-state index in [1.54, 1.807) is 6.07 Å². The monoisotopic (exact) mass is 262 g/mol. The summed E-state index contributed by atoms with van der Waals surface area (Å²) in [5.74, 6) is -0.349. The molecular weight excluding hydrogens is 236 g/mol. The Balaban J connectivity index is 2.60. The Labute approximate surface area is 116 Å². The first-order valence-electron chi connectivity index (χ1n) is 7.30. The first-order valence-corrected chi connectivity index (χ1v) is 7.30. The van der Waals surface area contributed by atoms with E-state index in [-0.39, 0.29) is 5.91 Å². The zero-order chi connectivity index (χ0) is 14.1. The number of nitrogens with two attached hydrogens (primary N) is 1. The fourth-order valence-corrected chi connectivity index (χ4v) is 2.32. The maximum atomic E-state index is 11.4.